The normalized spacial score (nSPS) is 18.3. The van der Waals surface area contributed by atoms with Crippen LogP contribution in [0.1, 0.15) is 19.3 Å². The van der Waals surface area contributed by atoms with Crippen molar-refractivity contribution >= 4 is 48.0 Å². The summed E-state index contributed by atoms with van der Waals surface area (Å²) in [6.45, 7) is 7.14. The molecule has 1 aromatic rings. The Balaban J connectivity index is 0.00000144. The van der Waals surface area contributed by atoms with Crippen LogP contribution in [0.2, 0.25) is 5.02 Å². The van der Waals surface area contributed by atoms with E-state index in [2.05, 4.69) is 15.9 Å². The van der Waals surface area contributed by atoms with Gasteiger partial charge in [0.2, 0.25) is 5.91 Å². The summed E-state index contributed by atoms with van der Waals surface area (Å²) in [5, 5.41) is 0.837. The van der Waals surface area contributed by atoms with E-state index in [-0.39, 0.29) is 24.8 Å². The van der Waals surface area contributed by atoms with E-state index in [1.165, 1.54) is 0 Å². The minimum Gasteiger partial charge on any atom is -0.368 e. The molecule has 0 spiro atoms. The Bertz CT molecular complexity index is 522. The van der Waals surface area contributed by atoms with Crippen molar-refractivity contribution in [2.24, 2.45) is 0 Å². The van der Waals surface area contributed by atoms with Crippen LogP contribution >= 0.6 is 36.4 Å². The Hall–Kier alpha value is -0.680. The molecule has 0 aromatic heterocycles. The van der Waals surface area contributed by atoms with Gasteiger partial charge in [-0.2, -0.15) is 0 Å². The molecule has 2 aliphatic rings. The first kappa shape index (κ1) is 21.4. The van der Waals surface area contributed by atoms with Crippen LogP contribution in [0.15, 0.2) is 24.3 Å². The fourth-order valence-corrected chi connectivity index (χ4v) is 3.60. The van der Waals surface area contributed by atoms with Crippen LogP contribution in [-0.2, 0) is 4.79 Å². The molecule has 136 valence electrons. The van der Waals surface area contributed by atoms with Gasteiger partial charge in [-0.1, -0.05) is 23.7 Å². The molecule has 24 heavy (non-hydrogen) atoms. The summed E-state index contributed by atoms with van der Waals surface area (Å²) in [7, 11) is 0. The van der Waals surface area contributed by atoms with E-state index >= 15 is 0 Å². The Morgan fingerprint density at radius 1 is 0.958 bits per heavy atom. The number of rotatable bonds is 5. The Morgan fingerprint density at radius 2 is 1.67 bits per heavy atom. The summed E-state index contributed by atoms with van der Waals surface area (Å²) in [6, 6.07) is 8.07. The zero-order chi connectivity index (χ0) is 15.4. The Labute approximate surface area is 161 Å². The van der Waals surface area contributed by atoms with Gasteiger partial charge >= 0.3 is 0 Å². The fraction of sp³-hybridized carbons (Fsp3) is 0.588. The van der Waals surface area contributed by atoms with Crippen molar-refractivity contribution in [3.63, 3.8) is 0 Å². The first-order valence-corrected chi connectivity index (χ1v) is 8.61. The van der Waals surface area contributed by atoms with Crippen LogP contribution in [0.3, 0.4) is 0 Å². The quantitative estimate of drug-likeness (QED) is 0.766. The van der Waals surface area contributed by atoms with Crippen molar-refractivity contribution in [1.82, 2.24) is 9.80 Å². The maximum Gasteiger partial charge on any atom is 0.222 e. The number of carbonyl (C=O) groups is 1. The van der Waals surface area contributed by atoms with Gasteiger partial charge < -0.3 is 9.80 Å². The number of carbonyl (C=O) groups excluding carboxylic acids is 1. The molecular formula is C17H26Cl3N3O. The highest BCUT2D eigenvalue weighted by atomic mass is 35.5. The lowest BCUT2D eigenvalue weighted by molar-refractivity contribution is -0.127. The monoisotopic (exact) mass is 393 g/mol. The SMILES string of the molecule is Cl.Cl.O=C1CCCN1CCCN1CCN(c2ccccc2Cl)CC1. The standard InChI is InChI=1S/C17H24ClN3O.2ClH/c18-15-5-1-2-6-16(15)20-13-11-19(12-14-20)8-4-10-21-9-3-7-17(21)22;;/h1-2,5-6H,3-4,7-14H2;2*1H. The summed E-state index contributed by atoms with van der Waals surface area (Å²) in [4.78, 5) is 18.5. The maximum atomic E-state index is 11.6. The number of halogens is 3. The van der Waals surface area contributed by atoms with E-state index in [4.69, 9.17) is 11.6 Å². The predicted octanol–water partition coefficient (Wildman–Crippen LogP) is 3.32. The highest BCUT2D eigenvalue weighted by Gasteiger charge is 2.21. The van der Waals surface area contributed by atoms with Gasteiger partial charge in [-0.25, -0.2) is 0 Å². The highest BCUT2D eigenvalue weighted by molar-refractivity contribution is 6.33. The molecule has 0 unspecified atom stereocenters. The molecule has 0 bridgehead atoms. The van der Waals surface area contributed by atoms with E-state index in [1.54, 1.807) is 0 Å². The smallest absolute Gasteiger partial charge is 0.222 e. The topological polar surface area (TPSA) is 26.8 Å². The molecule has 7 heteroatoms. The molecule has 2 saturated heterocycles. The number of para-hydroxylation sites is 1. The van der Waals surface area contributed by atoms with Crippen molar-refractivity contribution in [2.75, 3.05) is 50.7 Å². The lowest BCUT2D eigenvalue weighted by atomic mass is 10.2. The second kappa shape index (κ2) is 10.3. The summed E-state index contributed by atoms with van der Waals surface area (Å²) in [6.07, 6.45) is 2.86. The molecule has 2 fully saturated rings. The number of hydrogen-bond donors (Lipinski definition) is 0. The van der Waals surface area contributed by atoms with Crippen molar-refractivity contribution in [3.05, 3.63) is 29.3 Å². The molecule has 1 aromatic carbocycles. The number of likely N-dealkylation sites (tertiary alicyclic amines) is 1. The largest absolute Gasteiger partial charge is 0.368 e. The van der Waals surface area contributed by atoms with Crippen LogP contribution < -0.4 is 4.90 Å². The summed E-state index contributed by atoms with van der Waals surface area (Å²) in [5.41, 5.74) is 1.14. The molecule has 0 radical (unpaired) electrons. The third-order valence-corrected chi connectivity index (χ3v) is 4.96. The van der Waals surface area contributed by atoms with Gasteiger partial charge in [0.05, 0.1) is 10.7 Å². The van der Waals surface area contributed by atoms with Crippen LogP contribution in [0.25, 0.3) is 0 Å². The molecule has 0 aliphatic carbocycles. The average Bonchev–Trinajstić information content (AvgIpc) is 2.94. The first-order chi connectivity index (χ1) is 10.7. The van der Waals surface area contributed by atoms with E-state index in [1.807, 2.05) is 23.1 Å². The zero-order valence-corrected chi connectivity index (χ0v) is 16.2. The van der Waals surface area contributed by atoms with E-state index in [9.17, 15) is 4.79 Å². The second-order valence-corrected chi connectivity index (χ2v) is 6.53. The first-order valence-electron chi connectivity index (χ1n) is 8.23. The van der Waals surface area contributed by atoms with Crippen molar-refractivity contribution in [3.8, 4) is 0 Å². The van der Waals surface area contributed by atoms with Crippen LogP contribution in [-0.4, -0.2) is 61.5 Å². The number of benzene rings is 1. The molecule has 0 N–H and O–H groups in total. The summed E-state index contributed by atoms with van der Waals surface area (Å²) >= 11 is 6.27. The van der Waals surface area contributed by atoms with Crippen LogP contribution in [0, 0.1) is 0 Å². The molecule has 2 heterocycles. The minimum absolute atomic E-state index is 0. The van der Waals surface area contributed by atoms with E-state index in [0.29, 0.717) is 5.91 Å². The highest BCUT2D eigenvalue weighted by Crippen LogP contribution is 2.26. The summed E-state index contributed by atoms with van der Waals surface area (Å²) in [5.74, 6) is 0.337. The predicted molar refractivity (Wildman–Crippen MR) is 105 cm³/mol. The van der Waals surface area contributed by atoms with Crippen LogP contribution in [0.5, 0.6) is 0 Å². The number of piperazine rings is 1. The number of hydrogen-bond acceptors (Lipinski definition) is 3. The molecule has 1 amide bonds. The summed E-state index contributed by atoms with van der Waals surface area (Å²) < 4.78 is 0. The van der Waals surface area contributed by atoms with Gasteiger partial charge in [0.25, 0.3) is 0 Å². The van der Waals surface area contributed by atoms with Gasteiger partial charge in [-0.05, 0) is 31.5 Å². The average molecular weight is 395 g/mol. The van der Waals surface area contributed by atoms with E-state index in [0.717, 1.165) is 75.8 Å². The Morgan fingerprint density at radius 3 is 2.29 bits per heavy atom. The number of nitrogens with zero attached hydrogens (tertiary/aromatic N) is 3. The molecule has 2 aliphatic heterocycles. The van der Waals surface area contributed by atoms with Gasteiger partial charge in [0.15, 0.2) is 0 Å². The molecule has 0 atom stereocenters. The minimum atomic E-state index is 0. The second-order valence-electron chi connectivity index (χ2n) is 6.12. The van der Waals surface area contributed by atoms with Gasteiger partial charge in [0, 0.05) is 45.7 Å². The number of anilines is 1. The maximum absolute atomic E-state index is 11.6. The van der Waals surface area contributed by atoms with Crippen LogP contribution in [0.4, 0.5) is 5.69 Å². The van der Waals surface area contributed by atoms with Gasteiger partial charge in [0.1, 0.15) is 0 Å². The lowest BCUT2D eigenvalue weighted by Gasteiger charge is -2.36. The van der Waals surface area contributed by atoms with E-state index < -0.39 is 0 Å². The third-order valence-electron chi connectivity index (χ3n) is 4.64. The molecule has 3 rings (SSSR count). The van der Waals surface area contributed by atoms with Gasteiger partial charge in [-0.3, -0.25) is 9.69 Å². The molecule has 0 saturated carbocycles. The Kier molecular flexibility index (Phi) is 9.21. The third kappa shape index (κ3) is 5.41. The number of amides is 1. The zero-order valence-electron chi connectivity index (χ0n) is 13.8. The van der Waals surface area contributed by atoms with Gasteiger partial charge in [-0.15, -0.1) is 24.8 Å². The molecule has 4 nitrogen and oxygen atoms in total. The molecular weight excluding hydrogens is 369 g/mol. The fourth-order valence-electron chi connectivity index (χ4n) is 3.35. The van der Waals surface area contributed by atoms with Crippen molar-refractivity contribution < 1.29 is 4.79 Å². The van der Waals surface area contributed by atoms with Crippen molar-refractivity contribution in [1.29, 1.82) is 0 Å². The lowest BCUT2D eigenvalue weighted by Crippen LogP contribution is -2.47. The van der Waals surface area contributed by atoms with Crippen molar-refractivity contribution in [2.45, 2.75) is 19.3 Å².